The lowest BCUT2D eigenvalue weighted by atomic mass is 9.82. The lowest BCUT2D eigenvalue weighted by molar-refractivity contribution is 0.144. The first kappa shape index (κ1) is 15.5. The Morgan fingerprint density at radius 2 is 1.94 bits per heavy atom. The largest absolute Gasteiger partial charge is 0.395 e. The maximum atomic E-state index is 9.77. The number of benzene rings is 1. The predicted octanol–water partition coefficient (Wildman–Crippen LogP) is 2.62. The Bertz CT molecular complexity index is 344. The molecular weight excluding hydrogens is 242 g/mol. The second-order valence-corrected chi connectivity index (χ2v) is 6.21. The zero-order valence-electron chi connectivity index (χ0n) is 11.9. The van der Waals surface area contributed by atoms with E-state index in [0.29, 0.717) is 6.04 Å². The van der Waals surface area contributed by atoms with Crippen molar-refractivity contribution < 1.29 is 5.11 Å². The van der Waals surface area contributed by atoms with Gasteiger partial charge in [0.05, 0.1) is 6.61 Å². The quantitative estimate of drug-likeness (QED) is 0.821. The van der Waals surface area contributed by atoms with Gasteiger partial charge in [-0.25, -0.2) is 0 Å². The van der Waals surface area contributed by atoms with Crippen LogP contribution in [0.1, 0.15) is 19.4 Å². The van der Waals surface area contributed by atoms with Crippen LogP contribution in [0, 0.1) is 0 Å². The Morgan fingerprint density at radius 3 is 2.44 bits per heavy atom. The molecule has 0 spiro atoms. The zero-order chi connectivity index (χ0) is 13.6. The van der Waals surface area contributed by atoms with Crippen molar-refractivity contribution in [3.63, 3.8) is 0 Å². The minimum Gasteiger partial charge on any atom is -0.395 e. The Kier molecular flexibility index (Phi) is 6.19. The van der Waals surface area contributed by atoms with Gasteiger partial charge in [0.25, 0.3) is 0 Å². The van der Waals surface area contributed by atoms with Crippen LogP contribution in [0.25, 0.3) is 0 Å². The normalized spacial score (nSPS) is 16.6. The highest BCUT2D eigenvalue weighted by molar-refractivity contribution is 7.98. The van der Waals surface area contributed by atoms with E-state index in [1.165, 1.54) is 5.56 Å². The number of aliphatic hydroxyl groups excluding tert-OH is 1. The molecule has 3 heteroatoms. The summed E-state index contributed by atoms with van der Waals surface area (Å²) in [7, 11) is 2.14. The van der Waals surface area contributed by atoms with Crippen molar-refractivity contribution >= 4 is 11.8 Å². The van der Waals surface area contributed by atoms with E-state index in [2.05, 4.69) is 44.2 Å². The number of thioether (sulfide) groups is 1. The Labute approximate surface area is 115 Å². The zero-order valence-corrected chi connectivity index (χ0v) is 12.7. The topological polar surface area (TPSA) is 23.5 Å². The standard InChI is InChI=1S/C15H25NOS/c1-13(10-18-4)16(3)11-15(2,12-17)14-8-6-5-7-9-14/h5-9,13,17H,10-12H2,1-4H3. The fourth-order valence-electron chi connectivity index (χ4n) is 2.15. The molecule has 0 saturated carbocycles. The summed E-state index contributed by atoms with van der Waals surface area (Å²) >= 11 is 1.86. The minimum atomic E-state index is -0.192. The number of aliphatic hydroxyl groups is 1. The van der Waals surface area contributed by atoms with Gasteiger partial charge < -0.3 is 10.0 Å². The van der Waals surface area contributed by atoms with Gasteiger partial charge >= 0.3 is 0 Å². The average molecular weight is 267 g/mol. The first-order valence-electron chi connectivity index (χ1n) is 6.39. The van der Waals surface area contributed by atoms with Crippen LogP contribution in [0.4, 0.5) is 0 Å². The van der Waals surface area contributed by atoms with Gasteiger partial charge in [-0.3, -0.25) is 0 Å². The van der Waals surface area contributed by atoms with Gasteiger partial charge in [0.1, 0.15) is 0 Å². The van der Waals surface area contributed by atoms with Gasteiger partial charge in [0.2, 0.25) is 0 Å². The summed E-state index contributed by atoms with van der Waals surface area (Å²) in [6, 6.07) is 10.8. The maximum Gasteiger partial charge on any atom is 0.0537 e. The number of hydrogen-bond acceptors (Lipinski definition) is 3. The molecule has 0 radical (unpaired) electrons. The van der Waals surface area contributed by atoms with E-state index in [4.69, 9.17) is 0 Å². The highest BCUT2D eigenvalue weighted by Gasteiger charge is 2.28. The molecule has 0 aromatic heterocycles. The van der Waals surface area contributed by atoms with Crippen LogP contribution >= 0.6 is 11.8 Å². The summed E-state index contributed by atoms with van der Waals surface area (Å²) < 4.78 is 0. The molecule has 0 fully saturated rings. The molecular formula is C15H25NOS. The molecule has 2 atom stereocenters. The molecule has 1 aromatic rings. The lowest BCUT2D eigenvalue weighted by Gasteiger charge is -2.35. The Hall–Kier alpha value is -0.510. The van der Waals surface area contributed by atoms with Crippen molar-refractivity contribution in [3.8, 4) is 0 Å². The van der Waals surface area contributed by atoms with E-state index in [1.54, 1.807) is 0 Å². The van der Waals surface area contributed by atoms with Crippen molar-refractivity contribution in [3.05, 3.63) is 35.9 Å². The second-order valence-electron chi connectivity index (χ2n) is 5.30. The molecule has 2 unspecified atom stereocenters. The lowest BCUT2D eigenvalue weighted by Crippen LogP contribution is -2.44. The van der Waals surface area contributed by atoms with Gasteiger partial charge in [-0.15, -0.1) is 0 Å². The van der Waals surface area contributed by atoms with Crippen molar-refractivity contribution in [2.24, 2.45) is 0 Å². The highest BCUT2D eigenvalue weighted by Crippen LogP contribution is 2.25. The van der Waals surface area contributed by atoms with Crippen LogP contribution in [-0.4, -0.2) is 48.3 Å². The molecule has 1 rings (SSSR count). The minimum absolute atomic E-state index is 0.174. The molecule has 18 heavy (non-hydrogen) atoms. The number of hydrogen-bond donors (Lipinski definition) is 1. The van der Waals surface area contributed by atoms with Crippen molar-refractivity contribution in [2.45, 2.75) is 25.3 Å². The van der Waals surface area contributed by atoms with E-state index in [9.17, 15) is 5.11 Å². The molecule has 102 valence electrons. The Morgan fingerprint density at radius 1 is 1.33 bits per heavy atom. The van der Waals surface area contributed by atoms with E-state index in [-0.39, 0.29) is 12.0 Å². The van der Waals surface area contributed by atoms with Crippen LogP contribution < -0.4 is 0 Å². The first-order valence-corrected chi connectivity index (χ1v) is 7.78. The van der Waals surface area contributed by atoms with Gasteiger partial charge in [-0.05, 0) is 25.8 Å². The van der Waals surface area contributed by atoms with Gasteiger partial charge in [-0.2, -0.15) is 11.8 Å². The third kappa shape index (κ3) is 4.01. The SMILES string of the molecule is CSCC(C)N(C)CC(C)(CO)c1ccccc1. The highest BCUT2D eigenvalue weighted by atomic mass is 32.2. The second kappa shape index (κ2) is 7.17. The van der Waals surface area contributed by atoms with E-state index >= 15 is 0 Å². The smallest absolute Gasteiger partial charge is 0.0537 e. The molecule has 1 aromatic carbocycles. The van der Waals surface area contributed by atoms with Crippen LogP contribution in [0.2, 0.25) is 0 Å². The summed E-state index contributed by atoms with van der Waals surface area (Å²) in [5.74, 6) is 1.12. The summed E-state index contributed by atoms with van der Waals surface area (Å²) in [5, 5.41) is 9.77. The summed E-state index contributed by atoms with van der Waals surface area (Å²) in [5.41, 5.74) is 1.01. The molecule has 0 saturated heterocycles. The van der Waals surface area contributed by atoms with E-state index in [1.807, 2.05) is 30.0 Å². The van der Waals surface area contributed by atoms with Gasteiger partial charge in [0, 0.05) is 23.8 Å². The number of nitrogens with zero attached hydrogens (tertiary/aromatic N) is 1. The van der Waals surface area contributed by atoms with Crippen molar-refractivity contribution in [2.75, 3.05) is 32.2 Å². The molecule has 0 heterocycles. The van der Waals surface area contributed by atoms with Crippen LogP contribution in [0.5, 0.6) is 0 Å². The Balaban J connectivity index is 2.77. The molecule has 1 N–H and O–H groups in total. The molecule has 0 bridgehead atoms. The van der Waals surface area contributed by atoms with Crippen LogP contribution in [-0.2, 0) is 5.41 Å². The fraction of sp³-hybridized carbons (Fsp3) is 0.600. The molecule has 2 nitrogen and oxygen atoms in total. The summed E-state index contributed by atoms with van der Waals surface area (Å²) in [6.45, 7) is 5.41. The molecule has 0 amide bonds. The molecule has 0 aliphatic heterocycles. The average Bonchev–Trinajstić information content (AvgIpc) is 2.39. The number of likely N-dealkylation sites (N-methyl/N-ethyl adjacent to an activating group) is 1. The molecule has 0 aliphatic carbocycles. The van der Waals surface area contributed by atoms with Gasteiger partial charge in [0.15, 0.2) is 0 Å². The predicted molar refractivity (Wildman–Crippen MR) is 81.4 cm³/mol. The molecule has 0 aliphatic rings. The summed E-state index contributed by atoms with van der Waals surface area (Å²) in [6.07, 6.45) is 2.13. The van der Waals surface area contributed by atoms with Crippen molar-refractivity contribution in [1.29, 1.82) is 0 Å². The van der Waals surface area contributed by atoms with E-state index < -0.39 is 0 Å². The third-order valence-corrected chi connectivity index (χ3v) is 4.39. The van der Waals surface area contributed by atoms with Crippen LogP contribution in [0.3, 0.4) is 0 Å². The number of rotatable bonds is 7. The van der Waals surface area contributed by atoms with Crippen molar-refractivity contribution in [1.82, 2.24) is 4.90 Å². The monoisotopic (exact) mass is 267 g/mol. The van der Waals surface area contributed by atoms with Crippen LogP contribution in [0.15, 0.2) is 30.3 Å². The first-order chi connectivity index (χ1) is 8.53. The van der Waals surface area contributed by atoms with Gasteiger partial charge in [-0.1, -0.05) is 37.3 Å². The third-order valence-electron chi connectivity index (χ3n) is 3.58. The van der Waals surface area contributed by atoms with E-state index in [0.717, 1.165) is 12.3 Å². The summed E-state index contributed by atoms with van der Waals surface area (Å²) in [4.78, 5) is 2.33. The fourth-order valence-corrected chi connectivity index (χ4v) is 2.88. The maximum absolute atomic E-state index is 9.77.